The fourth-order valence-electron chi connectivity index (χ4n) is 1.36. The van der Waals surface area contributed by atoms with E-state index >= 15 is 0 Å². The third-order valence-corrected chi connectivity index (χ3v) is 2.18. The third-order valence-electron chi connectivity index (χ3n) is 2.18. The summed E-state index contributed by atoms with van der Waals surface area (Å²) >= 11 is 0. The monoisotopic (exact) mass is 238 g/mol. The van der Waals surface area contributed by atoms with Crippen LogP contribution in [0.3, 0.4) is 0 Å². The number of nitrogens with two attached hydrogens (primary N) is 2. The lowest BCUT2D eigenvalue weighted by Gasteiger charge is -2.09. The van der Waals surface area contributed by atoms with Crippen molar-refractivity contribution in [3.63, 3.8) is 0 Å². The van der Waals surface area contributed by atoms with Crippen molar-refractivity contribution >= 4 is 5.97 Å². The Kier molecular flexibility index (Phi) is 4.99. The van der Waals surface area contributed by atoms with Crippen LogP contribution >= 0.6 is 0 Å². The van der Waals surface area contributed by atoms with Gasteiger partial charge in [-0.15, -0.1) is 0 Å². The number of hydrogen-bond donors (Lipinski definition) is 2. The van der Waals surface area contributed by atoms with Gasteiger partial charge in [-0.25, -0.2) is 14.8 Å². The van der Waals surface area contributed by atoms with Gasteiger partial charge in [0.25, 0.3) is 0 Å². The first kappa shape index (κ1) is 13.5. The second kappa shape index (κ2) is 6.27. The van der Waals surface area contributed by atoms with E-state index in [0.29, 0.717) is 19.4 Å². The predicted molar refractivity (Wildman–Crippen MR) is 63.4 cm³/mol. The maximum absolute atomic E-state index is 11.6. The maximum atomic E-state index is 11.6. The molecule has 94 valence electrons. The minimum Gasteiger partial charge on any atom is -0.390 e. The fourth-order valence-corrected chi connectivity index (χ4v) is 1.36. The van der Waals surface area contributed by atoms with Crippen molar-refractivity contribution < 1.29 is 9.53 Å². The number of carbonyl (C=O) groups excluding carboxylic acids is 1. The molecule has 0 spiro atoms. The number of aryl methyl sites for hydroxylation is 2. The van der Waals surface area contributed by atoms with Gasteiger partial charge in [0.15, 0.2) is 0 Å². The second-order valence-corrected chi connectivity index (χ2v) is 3.89. The largest absolute Gasteiger partial charge is 0.390 e. The van der Waals surface area contributed by atoms with Gasteiger partial charge < -0.3 is 16.2 Å². The molecule has 4 N–H and O–H groups in total. The van der Waals surface area contributed by atoms with Gasteiger partial charge in [-0.1, -0.05) is 0 Å². The predicted octanol–water partition coefficient (Wildman–Crippen LogP) is 0.0650. The molecule has 0 aliphatic heterocycles. The van der Waals surface area contributed by atoms with Crippen molar-refractivity contribution in [2.24, 2.45) is 11.5 Å². The molecule has 1 aromatic rings. The minimum atomic E-state index is -0.678. The Morgan fingerprint density at radius 1 is 1.41 bits per heavy atom. The number of carbonyl (C=O) groups is 1. The average Bonchev–Trinajstić information content (AvgIpc) is 2.24. The van der Waals surface area contributed by atoms with Gasteiger partial charge in [-0.05, 0) is 39.3 Å². The first-order chi connectivity index (χ1) is 8.02. The highest BCUT2D eigenvalue weighted by atomic mass is 16.5. The Morgan fingerprint density at radius 2 is 2.00 bits per heavy atom. The smallest absolute Gasteiger partial charge is 0.330 e. The van der Waals surface area contributed by atoms with Crippen molar-refractivity contribution in [2.45, 2.75) is 32.7 Å². The highest BCUT2D eigenvalue weighted by molar-refractivity contribution is 5.77. The normalized spacial score (nSPS) is 12.2. The molecule has 0 saturated heterocycles. The lowest BCUT2D eigenvalue weighted by Crippen LogP contribution is -2.35. The quantitative estimate of drug-likeness (QED) is 0.703. The molecular weight excluding hydrogens is 220 g/mol. The molecule has 0 bridgehead atoms. The number of ether oxygens (including phenoxy) is 1. The molecule has 0 amide bonds. The highest BCUT2D eigenvalue weighted by Gasteiger charge is 2.16. The highest BCUT2D eigenvalue weighted by Crippen LogP contribution is 2.07. The summed E-state index contributed by atoms with van der Waals surface area (Å²) in [6.45, 7) is 4.11. The van der Waals surface area contributed by atoms with Crippen LogP contribution in [0.25, 0.3) is 0 Å². The number of rotatable bonds is 5. The molecule has 6 heteroatoms. The molecule has 0 aliphatic rings. The lowest BCUT2D eigenvalue weighted by molar-refractivity contribution is -0.136. The topological polar surface area (TPSA) is 104 Å². The SMILES string of the molecule is Cc1cc(C)nc(OC(=O)[C@H](N)CCCN)n1. The van der Waals surface area contributed by atoms with E-state index in [1.54, 1.807) is 19.9 Å². The first-order valence-corrected chi connectivity index (χ1v) is 5.52. The summed E-state index contributed by atoms with van der Waals surface area (Å²) in [6, 6.07) is 1.17. The number of esters is 1. The Bertz CT molecular complexity index is 375. The Balaban J connectivity index is 2.61. The molecule has 0 aliphatic carbocycles. The van der Waals surface area contributed by atoms with Crippen LogP contribution in [-0.4, -0.2) is 28.5 Å². The van der Waals surface area contributed by atoms with Crippen LogP contribution in [0.15, 0.2) is 6.07 Å². The van der Waals surface area contributed by atoms with Crippen LogP contribution in [-0.2, 0) is 4.79 Å². The molecule has 17 heavy (non-hydrogen) atoms. The van der Waals surface area contributed by atoms with Gasteiger partial charge >= 0.3 is 12.0 Å². The van der Waals surface area contributed by atoms with Gasteiger partial charge in [0, 0.05) is 11.4 Å². The van der Waals surface area contributed by atoms with Crippen molar-refractivity contribution in [3.05, 3.63) is 17.5 Å². The standard InChI is InChI=1S/C11H18N4O2/c1-7-6-8(2)15-11(14-7)17-10(16)9(13)4-3-5-12/h6,9H,3-5,12-13H2,1-2H3/t9-/m1/s1. The van der Waals surface area contributed by atoms with E-state index in [2.05, 4.69) is 9.97 Å². The van der Waals surface area contributed by atoms with Crippen molar-refractivity contribution in [3.8, 4) is 6.01 Å². The van der Waals surface area contributed by atoms with Gasteiger partial charge in [0.1, 0.15) is 6.04 Å². The van der Waals surface area contributed by atoms with E-state index in [-0.39, 0.29) is 6.01 Å². The van der Waals surface area contributed by atoms with Crippen molar-refractivity contribution in [1.82, 2.24) is 9.97 Å². The van der Waals surface area contributed by atoms with Crippen LogP contribution < -0.4 is 16.2 Å². The van der Waals surface area contributed by atoms with Gasteiger partial charge in [-0.2, -0.15) is 0 Å². The Morgan fingerprint density at radius 3 is 2.53 bits per heavy atom. The van der Waals surface area contributed by atoms with Crippen LogP contribution in [0.1, 0.15) is 24.2 Å². The maximum Gasteiger partial charge on any atom is 0.330 e. The van der Waals surface area contributed by atoms with E-state index in [9.17, 15) is 4.79 Å². The molecule has 1 heterocycles. The Labute approximate surface area is 100 Å². The van der Waals surface area contributed by atoms with Gasteiger partial charge in [-0.3, -0.25) is 0 Å². The molecule has 1 aromatic heterocycles. The zero-order chi connectivity index (χ0) is 12.8. The minimum absolute atomic E-state index is 0.0516. The summed E-state index contributed by atoms with van der Waals surface area (Å²) in [7, 11) is 0. The van der Waals surface area contributed by atoms with E-state index in [1.807, 2.05) is 0 Å². The van der Waals surface area contributed by atoms with Gasteiger partial charge in [0.05, 0.1) is 0 Å². The number of hydrogen-bond acceptors (Lipinski definition) is 6. The molecule has 0 saturated carbocycles. The Hall–Kier alpha value is -1.53. The van der Waals surface area contributed by atoms with E-state index < -0.39 is 12.0 Å². The number of nitrogens with zero attached hydrogens (tertiary/aromatic N) is 2. The van der Waals surface area contributed by atoms with Crippen LogP contribution in [0.2, 0.25) is 0 Å². The molecule has 0 aromatic carbocycles. The summed E-state index contributed by atoms with van der Waals surface area (Å²) in [5, 5.41) is 0. The van der Waals surface area contributed by atoms with Crippen LogP contribution in [0.5, 0.6) is 6.01 Å². The van der Waals surface area contributed by atoms with E-state index in [4.69, 9.17) is 16.2 Å². The van der Waals surface area contributed by atoms with Crippen LogP contribution in [0.4, 0.5) is 0 Å². The van der Waals surface area contributed by atoms with E-state index in [0.717, 1.165) is 11.4 Å². The van der Waals surface area contributed by atoms with Crippen molar-refractivity contribution in [2.75, 3.05) is 6.54 Å². The van der Waals surface area contributed by atoms with Crippen LogP contribution in [0, 0.1) is 13.8 Å². The van der Waals surface area contributed by atoms with Crippen molar-refractivity contribution in [1.29, 1.82) is 0 Å². The summed E-state index contributed by atoms with van der Waals surface area (Å²) < 4.78 is 5.01. The lowest BCUT2D eigenvalue weighted by atomic mass is 10.2. The molecule has 0 unspecified atom stereocenters. The fraction of sp³-hybridized carbons (Fsp3) is 0.545. The summed E-state index contributed by atoms with van der Waals surface area (Å²) in [5.74, 6) is -0.525. The summed E-state index contributed by atoms with van der Waals surface area (Å²) in [6.07, 6.45) is 1.18. The number of aromatic nitrogens is 2. The zero-order valence-electron chi connectivity index (χ0n) is 10.1. The second-order valence-electron chi connectivity index (χ2n) is 3.89. The molecule has 1 rings (SSSR count). The average molecular weight is 238 g/mol. The molecule has 0 fully saturated rings. The zero-order valence-corrected chi connectivity index (χ0v) is 10.1. The third kappa shape index (κ3) is 4.46. The molecule has 6 nitrogen and oxygen atoms in total. The van der Waals surface area contributed by atoms with E-state index in [1.165, 1.54) is 0 Å². The molecule has 1 atom stereocenters. The molecular formula is C11H18N4O2. The summed E-state index contributed by atoms with van der Waals surface area (Å²) in [4.78, 5) is 19.6. The van der Waals surface area contributed by atoms with Gasteiger partial charge in [0.2, 0.25) is 0 Å². The first-order valence-electron chi connectivity index (χ1n) is 5.52. The summed E-state index contributed by atoms with van der Waals surface area (Å²) in [5.41, 5.74) is 12.5. The molecule has 0 radical (unpaired) electrons.